The molecule has 1 aromatic carbocycles. The second kappa shape index (κ2) is 6.68. The number of carbonyl (C=O) groups excluding carboxylic acids is 1. The first-order valence-electron chi connectivity index (χ1n) is 5.29. The molecule has 0 bridgehead atoms. The molecule has 0 aromatic heterocycles. The molecule has 0 fully saturated rings. The Morgan fingerprint density at radius 2 is 1.88 bits per heavy atom. The lowest BCUT2D eigenvalue weighted by Gasteiger charge is -2.07. The van der Waals surface area contributed by atoms with Crippen LogP contribution in [0.3, 0.4) is 0 Å². The fourth-order valence-corrected chi connectivity index (χ4v) is 1.20. The summed E-state index contributed by atoms with van der Waals surface area (Å²) >= 11 is 0. The smallest absolute Gasteiger partial charge is 0.318 e. The van der Waals surface area contributed by atoms with Crippen LogP contribution in [0.5, 0.6) is 0 Å². The summed E-state index contributed by atoms with van der Waals surface area (Å²) in [6.07, 6.45) is 0.943. The molecule has 0 saturated carbocycles. The van der Waals surface area contributed by atoms with Crippen molar-refractivity contribution in [3.05, 3.63) is 24.3 Å². The Morgan fingerprint density at radius 1 is 1.25 bits per heavy atom. The van der Waals surface area contributed by atoms with E-state index in [-0.39, 0.29) is 6.03 Å². The normalized spacial score (nSPS) is 9.62. The van der Waals surface area contributed by atoms with Gasteiger partial charge in [0.2, 0.25) is 0 Å². The van der Waals surface area contributed by atoms with Crippen LogP contribution < -0.4 is 21.7 Å². The van der Waals surface area contributed by atoms with Gasteiger partial charge in [0.15, 0.2) is 0 Å². The molecule has 0 saturated heterocycles. The minimum Gasteiger partial charge on any atom is -0.385 e. The summed E-state index contributed by atoms with van der Waals surface area (Å²) < 4.78 is 0. The Hall–Kier alpha value is -1.75. The van der Waals surface area contributed by atoms with Gasteiger partial charge in [-0.25, -0.2) is 4.79 Å². The number of urea groups is 1. The van der Waals surface area contributed by atoms with Gasteiger partial charge in [-0.2, -0.15) is 0 Å². The Bertz CT molecular complexity index is 323. The molecule has 0 atom stereocenters. The molecule has 0 heterocycles. The van der Waals surface area contributed by atoms with Crippen molar-refractivity contribution in [1.82, 2.24) is 5.32 Å². The van der Waals surface area contributed by atoms with Gasteiger partial charge in [0, 0.05) is 25.0 Å². The van der Waals surface area contributed by atoms with Crippen LogP contribution in [-0.2, 0) is 0 Å². The molecule has 0 unspecified atom stereocenters. The maximum absolute atomic E-state index is 11.0. The number of nitrogens with one attached hydrogen (secondary N) is 3. The molecule has 0 aliphatic carbocycles. The van der Waals surface area contributed by atoms with Crippen molar-refractivity contribution < 1.29 is 4.79 Å². The van der Waals surface area contributed by atoms with Crippen molar-refractivity contribution in [2.45, 2.75) is 6.42 Å². The summed E-state index contributed by atoms with van der Waals surface area (Å²) in [6.45, 7) is 1.54. The van der Waals surface area contributed by atoms with Crippen molar-refractivity contribution in [1.29, 1.82) is 0 Å². The van der Waals surface area contributed by atoms with Crippen molar-refractivity contribution in [3.63, 3.8) is 0 Å². The highest BCUT2D eigenvalue weighted by atomic mass is 16.2. The summed E-state index contributed by atoms with van der Waals surface area (Å²) in [4.78, 5) is 11.0. The third kappa shape index (κ3) is 4.18. The summed E-state index contributed by atoms with van der Waals surface area (Å²) in [5.41, 5.74) is 7.18. The van der Waals surface area contributed by atoms with Gasteiger partial charge in [-0.3, -0.25) is 0 Å². The van der Waals surface area contributed by atoms with Crippen LogP contribution in [0.25, 0.3) is 0 Å². The van der Waals surface area contributed by atoms with E-state index in [1.807, 2.05) is 24.3 Å². The van der Waals surface area contributed by atoms with Gasteiger partial charge in [0.25, 0.3) is 0 Å². The molecule has 5 nitrogen and oxygen atoms in total. The second-order valence-electron chi connectivity index (χ2n) is 3.35. The Kier molecular flexibility index (Phi) is 5.15. The van der Waals surface area contributed by atoms with E-state index >= 15 is 0 Å². The van der Waals surface area contributed by atoms with Gasteiger partial charge in [0.05, 0.1) is 0 Å². The zero-order chi connectivity index (χ0) is 11.8. The van der Waals surface area contributed by atoms with Gasteiger partial charge in [-0.05, 0) is 37.2 Å². The van der Waals surface area contributed by atoms with E-state index in [9.17, 15) is 4.79 Å². The average Bonchev–Trinajstić information content (AvgIpc) is 2.31. The van der Waals surface area contributed by atoms with Crippen LogP contribution >= 0.6 is 0 Å². The number of hydrogen-bond donors (Lipinski definition) is 4. The highest BCUT2D eigenvalue weighted by Gasteiger charge is 1.97. The first-order valence-corrected chi connectivity index (χ1v) is 5.29. The highest BCUT2D eigenvalue weighted by molar-refractivity contribution is 5.89. The lowest BCUT2D eigenvalue weighted by Crippen LogP contribution is -2.24. The molecule has 2 amide bonds. The van der Waals surface area contributed by atoms with Crippen molar-refractivity contribution in [2.24, 2.45) is 5.73 Å². The minimum atomic E-state index is -0.219. The van der Waals surface area contributed by atoms with Crippen molar-refractivity contribution in [3.8, 4) is 0 Å². The van der Waals surface area contributed by atoms with E-state index in [0.717, 1.165) is 24.3 Å². The zero-order valence-electron chi connectivity index (χ0n) is 9.42. The molecule has 0 spiro atoms. The van der Waals surface area contributed by atoms with Gasteiger partial charge >= 0.3 is 6.03 Å². The first kappa shape index (κ1) is 12.3. The summed E-state index contributed by atoms with van der Waals surface area (Å²) in [5, 5.41) is 8.41. The van der Waals surface area contributed by atoms with Crippen LogP contribution in [0.2, 0.25) is 0 Å². The first-order chi connectivity index (χ1) is 7.76. The molecule has 0 aliphatic rings. The fourth-order valence-electron chi connectivity index (χ4n) is 1.20. The molecule has 88 valence electrons. The molecule has 0 radical (unpaired) electrons. The van der Waals surface area contributed by atoms with E-state index in [4.69, 9.17) is 5.73 Å². The number of benzene rings is 1. The lowest BCUT2D eigenvalue weighted by atomic mass is 10.2. The molecule has 1 rings (SSSR count). The SMILES string of the molecule is CNC(=O)Nc1ccc(NCCCN)cc1. The summed E-state index contributed by atoms with van der Waals surface area (Å²) in [6, 6.07) is 7.31. The van der Waals surface area contributed by atoms with Gasteiger partial charge < -0.3 is 21.7 Å². The molecule has 0 aliphatic heterocycles. The summed E-state index contributed by atoms with van der Waals surface area (Å²) in [7, 11) is 1.58. The van der Waals surface area contributed by atoms with E-state index < -0.39 is 0 Å². The third-order valence-electron chi connectivity index (χ3n) is 2.08. The number of amides is 2. The molecule has 5 heteroatoms. The van der Waals surface area contributed by atoms with Gasteiger partial charge in [-0.1, -0.05) is 0 Å². The van der Waals surface area contributed by atoms with Crippen LogP contribution in [0.15, 0.2) is 24.3 Å². The van der Waals surface area contributed by atoms with E-state index in [0.29, 0.717) is 6.54 Å². The van der Waals surface area contributed by atoms with Gasteiger partial charge in [0.1, 0.15) is 0 Å². The fraction of sp³-hybridized carbons (Fsp3) is 0.364. The number of carbonyl (C=O) groups is 1. The highest BCUT2D eigenvalue weighted by Crippen LogP contribution is 2.13. The maximum Gasteiger partial charge on any atom is 0.318 e. The monoisotopic (exact) mass is 222 g/mol. The average molecular weight is 222 g/mol. The Morgan fingerprint density at radius 3 is 2.44 bits per heavy atom. The Labute approximate surface area is 95.4 Å². The standard InChI is InChI=1S/C11H18N4O/c1-13-11(16)15-10-5-3-9(4-6-10)14-8-2-7-12/h3-6,14H,2,7-8,12H2,1H3,(H2,13,15,16). The number of nitrogens with two attached hydrogens (primary N) is 1. The van der Waals surface area contributed by atoms with Crippen LogP contribution in [0.1, 0.15) is 6.42 Å². The number of hydrogen-bond acceptors (Lipinski definition) is 3. The predicted molar refractivity (Wildman–Crippen MR) is 66.7 cm³/mol. The summed E-state index contributed by atoms with van der Waals surface area (Å²) in [5.74, 6) is 0. The van der Waals surface area contributed by atoms with Crippen molar-refractivity contribution in [2.75, 3.05) is 30.8 Å². The van der Waals surface area contributed by atoms with E-state index in [1.54, 1.807) is 7.05 Å². The largest absolute Gasteiger partial charge is 0.385 e. The molecule has 5 N–H and O–H groups in total. The maximum atomic E-state index is 11.0. The number of rotatable bonds is 5. The number of anilines is 2. The third-order valence-corrected chi connectivity index (χ3v) is 2.08. The van der Waals surface area contributed by atoms with E-state index in [1.165, 1.54) is 0 Å². The quantitative estimate of drug-likeness (QED) is 0.565. The zero-order valence-corrected chi connectivity index (χ0v) is 9.42. The van der Waals surface area contributed by atoms with Crippen molar-refractivity contribution >= 4 is 17.4 Å². The molecule has 1 aromatic rings. The Balaban J connectivity index is 2.44. The van der Waals surface area contributed by atoms with Crippen LogP contribution in [-0.4, -0.2) is 26.2 Å². The minimum absolute atomic E-state index is 0.219. The van der Waals surface area contributed by atoms with Gasteiger partial charge in [-0.15, -0.1) is 0 Å². The molecular formula is C11H18N4O. The topological polar surface area (TPSA) is 79.2 Å². The van der Waals surface area contributed by atoms with Crippen LogP contribution in [0, 0.1) is 0 Å². The van der Waals surface area contributed by atoms with Crippen LogP contribution in [0.4, 0.5) is 16.2 Å². The predicted octanol–water partition coefficient (Wildman–Crippen LogP) is 1.20. The second-order valence-corrected chi connectivity index (χ2v) is 3.35. The lowest BCUT2D eigenvalue weighted by molar-refractivity contribution is 0.254. The molecular weight excluding hydrogens is 204 g/mol. The van der Waals surface area contributed by atoms with E-state index in [2.05, 4.69) is 16.0 Å². The molecule has 16 heavy (non-hydrogen) atoms.